The summed E-state index contributed by atoms with van der Waals surface area (Å²) >= 11 is 0. The second-order valence-corrected chi connectivity index (χ2v) is 3.79. The van der Waals surface area contributed by atoms with E-state index in [1.807, 2.05) is 20.8 Å². The third-order valence-electron chi connectivity index (χ3n) is 1.75. The molecule has 0 fully saturated rings. The van der Waals surface area contributed by atoms with Crippen LogP contribution in [0.3, 0.4) is 0 Å². The maximum absolute atomic E-state index is 10.7. The van der Waals surface area contributed by atoms with Crippen LogP contribution in [0.4, 0.5) is 0 Å². The Bertz CT molecular complexity index is 155. The lowest BCUT2D eigenvalue weighted by atomic mass is 9.64. The molecule has 0 heterocycles. The molecule has 5 heteroatoms. The van der Waals surface area contributed by atoms with Crippen LogP contribution in [0.1, 0.15) is 20.8 Å². The van der Waals surface area contributed by atoms with Gasteiger partial charge in [0.05, 0.1) is 12.5 Å². The van der Waals surface area contributed by atoms with Crippen molar-refractivity contribution >= 4 is 13.5 Å². The lowest BCUT2D eigenvalue weighted by Crippen LogP contribution is -2.30. The third-order valence-corrected chi connectivity index (χ3v) is 1.75. The van der Waals surface area contributed by atoms with Gasteiger partial charge in [0.2, 0.25) is 0 Å². The second-order valence-electron chi connectivity index (χ2n) is 3.79. The molecule has 0 aromatic carbocycles. The van der Waals surface area contributed by atoms with E-state index >= 15 is 0 Å². The maximum Gasteiger partial charge on any atom is 0.301 e. The molecule has 0 saturated heterocycles. The van der Waals surface area contributed by atoms with Crippen LogP contribution in [0.25, 0.3) is 0 Å². The molecule has 3 N–H and O–H groups in total. The van der Waals surface area contributed by atoms with Gasteiger partial charge in [-0.05, 0) is 5.41 Å². The average Bonchev–Trinajstić information content (AvgIpc) is 1.84. The van der Waals surface area contributed by atoms with Crippen molar-refractivity contribution in [3.05, 3.63) is 0 Å². The van der Waals surface area contributed by atoms with Crippen molar-refractivity contribution in [1.29, 1.82) is 0 Å². The van der Waals surface area contributed by atoms with Crippen molar-refractivity contribution in [3.63, 3.8) is 0 Å². The standard InChI is InChI=1S/C7H16BNO3/c1-7(2,3)5(6(10)11)8-12-4-9/h5,8H,4,9H2,1-3H3,(H,10,11)/t5-/m1/s1. The molecule has 0 bridgehead atoms. The zero-order chi connectivity index (χ0) is 9.78. The lowest BCUT2D eigenvalue weighted by molar-refractivity contribution is -0.139. The number of hydrogen-bond acceptors (Lipinski definition) is 3. The number of carboxylic acid groups (broad SMARTS) is 1. The minimum Gasteiger partial charge on any atom is -0.481 e. The molecule has 0 aromatic heterocycles. The van der Waals surface area contributed by atoms with Crippen LogP contribution in [0.2, 0.25) is 5.82 Å². The molecule has 12 heavy (non-hydrogen) atoms. The van der Waals surface area contributed by atoms with Crippen molar-refractivity contribution in [2.45, 2.75) is 26.6 Å². The summed E-state index contributed by atoms with van der Waals surface area (Å²) in [6, 6.07) is 0. The molecule has 0 aromatic rings. The van der Waals surface area contributed by atoms with E-state index in [0.29, 0.717) is 0 Å². The Balaban J connectivity index is 4.15. The Labute approximate surface area is 73.4 Å². The molecule has 1 atom stereocenters. The summed E-state index contributed by atoms with van der Waals surface area (Å²) in [6.45, 7) is 5.67. The Morgan fingerprint density at radius 3 is 2.42 bits per heavy atom. The summed E-state index contributed by atoms with van der Waals surface area (Å²) in [4.78, 5) is 10.7. The van der Waals surface area contributed by atoms with Crippen LogP contribution in [-0.2, 0) is 9.45 Å². The van der Waals surface area contributed by atoms with Gasteiger partial charge in [-0.2, -0.15) is 0 Å². The molecule has 0 aliphatic rings. The van der Waals surface area contributed by atoms with Crippen molar-refractivity contribution in [3.8, 4) is 0 Å². The van der Waals surface area contributed by atoms with E-state index < -0.39 is 11.8 Å². The summed E-state index contributed by atoms with van der Waals surface area (Å²) in [6.07, 6.45) is 0. The summed E-state index contributed by atoms with van der Waals surface area (Å²) in [5, 5.41) is 8.81. The molecule has 70 valence electrons. The van der Waals surface area contributed by atoms with Gasteiger partial charge in [0, 0.05) is 0 Å². The highest BCUT2D eigenvalue weighted by atomic mass is 16.4. The first-order chi connectivity index (χ1) is 5.39. The van der Waals surface area contributed by atoms with Gasteiger partial charge in [-0.15, -0.1) is 0 Å². The molecule has 0 unspecified atom stereocenters. The number of carbonyl (C=O) groups is 1. The van der Waals surface area contributed by atoms with Crippen LogP contribution in [-0.4, -0.2) is 25.3 Å². The van der Waals surface area contributed by atoms with E-state index in [1.54, 1.807) is 0 Å². The van der Waals surface area contributed by atoms with E-state index in [1.165, 1.54) is 0 Å². The monoisotopic (exact) mass is 173 g/mol. The molecule has 0 aliphatic carbocycles. The van der Waals surface area contributed by atoms with Crippen LogP contribution in [0.5, 0.6) is 0 Å². The highest BCUT2D eigenvalue weighted by molar-refractivity contribution is 6.37. The highest BCUT2D eigenvalue weighted by Gasteiger charge is 2.32. The summed E-state index contributed by atoms with van der Waals surface area (Å²) in [7, 11) is 0.176. The Morgan fingerprint density at radius 2 is 2.17 bits per heavy atom. The fourth-order valence-corrected chi connectivity index (χ4v) is 0.878. The number of hydrogen-bond donors (Lipinski definition) is 2. The van der Waals surface area contributed by atoms with Crippen LogP contribution >= 0.6 is 0 Å². The first kappa shape index (κ1) is 11.5. The van der Waals surface area contributed by atoms with Crippen molar-refractivity contribution in [2.24, 2.45) is 11.1 Å². The number of nitrogens with two attached hydrogens (primary N) is 1. The van der Waals surface area contributed by atoms with Crippen molar-refractivity contribution in [1.82, 2.24) is 0 Å². The number of aliphatic carboxylic acids is 1. The van der Waals surface area contributed by atoms with E-state index in [9.17, 15) is 4.79 Å². The smallest absolute Gasteiger partial charge is 0.301 e. The first-order valence-corrected chi connectivity index (χ1v) is 3.90. The van der Waals surface area contributed by atoms with Gasteiger partial charge < -0.3 is 15.5 Å². The zero-order valence-corrected chi connectivity index (χ0v) is 7.83. The predicted octanol–water partition coefficient (Wildman–Crippen LogP) is 0.190. The molecular formula is C7H16BNO3. The van der Waals surface area contributed by atoms with Gasteiger partial charge in [-0.25, -0.2) is 0 Å². The predicted molar refractivity (Wildman–Crippen MR) is 48.1 cm³/mol. The topological polar surface area (TPSA) is 72.5 Å². The summed E-state index contributed by atoms with van der Waals surface area (Å²) < 4.78 is 4.88. The summed E-state index contributed by atoms with van der Waals surface area (Å²) in [5.41, 5.74) is 4.81. The van der Waals surface area contributed by atoms with Gasteiger partial charge in [0.1, 0.15) is 0 Å². The Hall–Kier alpha value is -0.545. The molecule has 4 nitrogen and oxygen atoms in total. The molecule has 0 aliphatic heterocycles. The van der Waals surface area contributed by atoms with Crippen molar-refractivity contribution < 1.29 is 14.6 Å². The largest absolute Gasteiger partial charge is 0.481 e. The molecular weight excluding hydrogens is 157 g/mol. The van der Waals surface area contributed by atoms with Gasteiger partial charge in [-0.3, -0.25) is 4.79 Å². The van der Waals surface area contributed by atoms with Gasteiger partial charge >= 0.3 is 5.97 Å². The Morgan fingerprint density at radius 1 is 1.67 bits per heavy atom. The second kappa shape index (κ2) is 4.47. The molecule has 0 rings (SSSR count). The molecule has 0 spiro atoms. The minimum absolute atomic E-state index is 0.0693. The zero-order valence-electron chi connectivity index (χ0n) is 7.83. The van der Waals surface area contributed by atoms with Crippen LogP contribution in [0.15, 0.2) is 0 Å². The van der Waals surface area contributed by atoms with Crippen molar-refractivity contribution in [2.75, 3.05) is 6.73 Å². The average molecular weight is 173 g/mol. The van der Waals surface area contributed by atoms with Gasteiger partial charge in [-0.1, -0.05) is 20.8 Å². The van der Waals surface area contributed by atoms with Crippen LogP contribution < -0.4 is 5.73 Å². The maximum atomic E-state index is 10.7. The number of carboxylic acids is 1. The van der Waals surface area contributed by atoms with E-state index in [0.717, 1.165) is 0 Å². The van der Waals surface area contributed by atoms with E-state index in [4.69, 9.17) is 15.5 Å². The van der Waals surface area contributed by atoms with Gasteiger partial charge in [0.25, 0.3) is 7.48 Å². The fourth-order valence-electron chi connectivity index (χ4n) is 0.878. The molecule has 0 amide bonds. The third kappa shape index (κ3) is 3.73. The van der Waals surface area contributed by atoms with Crippen LogP contribution in [0, 0.1) is 5.41 Å². The lowest BCUT2D eigenvalue weighted by Gasteiger charge is -2.25. The van der Waals surface area contributed by atoms with E-state index in [-0.39, 0.29) is 19.6 Å². The van der Waals surface area contributed by atoms with Gasteiger partial charge in [0.15, 0.2) is 0 Å². The Kier molecular flexibility index (Phi) is 4.27. The fraction of sp³-hybridized carbons (Fsp3) is 0.857. The quantitative estimate of drug-likeness (QED) is 0.470. The molecule has 0 saturated carbocycles. The first-order valence-electron chi connectivity index (χ1n) is 3.90. The highest BCUT2D eigenvalue weighted by Crippen LogP contribution is 2.30. The SMILES string of the molecule is CC(C)(C)[C@H](BOCN)C(=O)O. The van der Waals surface area contributed by atoms with E-state index in [2.05, 4.69) is 0 Å². The normalized spacial score (nSPS) is 14.0. The molecule has 0 radical (unpaired) electrons. The minimum atomic E-state index is -0.837. The summed E-state index contributed by atoms with van der Waals surface area (Å²) in [5.74, 6) is -1.34. The number of rotatable bonds is 4.